The van der Waals surface area contributed by atoms with Gasteiger partial charge in [-0.3, -0.25) is 4.98 Å². The molecule has 0 radical (unpaired) electrons. The van der Waals surface area contributed by atoms with Crippen LogP contribution in [0.4, 0.5) is 0 Å². The summed E-state index contributed by atoms with van der Waals surface area (Å²) in [5.74, 6) is -0.922. The lowest BCUT2D eigenvalue weighted by molar-refractivity contribution is 0.0699. The first-order chi connectivity index (χ1) is 8.17. The van der Waals surface area contributed by atoms with Crippen molar-refractivity contribution in [1.29, 1.82) is 0 Å². The Labute approximate surface area is 100 Å². The Morgan fingerprint density at radius 3 is 2.65 bits per heavy atom. The highest BCUT2D eigenvalue weighted by atomic mass is 16.4. The van der Waals surface area contributed by atoms with Crippen LogP contribution in [0.1, 0.15) is 35.5 Å². The molecule has 3 nitrogen and oxygen atoms in total. The van der Waals surface area contributed by atoms with Gasteiger partial charge >= 0.3 is 5.97 Å². The maximum atomic E-state index is 11.1. The molecule has 1 aromatic carbocycles. The van der Waals surface area contributed by atoms with E-state index >= 15 is 0 Å². The van der Waals surface area contributed by atoms with Crippen LogP contribution in [0.15, 0.2) is 24.3 Å². The molecule has 88 valence electrons. The summed E-state index contributed by atoms with van der Waals surface area (Å²) in [6.07, 6.45) is 1.75. The maximum absolute atomic E-state index is 11.1. The van der Waals surface area contributed by atoms with Crippen molar-refractivity contribution in [2.45, 2.75) is 26.7 Å². The molecular formula is C14H15NO2. The lowest BCUT2D eigenvalue weighted by Gasteiger charge is -2.08. The zero-order chi connectivity index (χ0) is 12.4. The van der Waals surface area contributed by atoms with Gasteiger partial charge in [-0.25, -0.2) is 4.79 Å². The number of carboxylic acids is 1. The first-order valence-corrected chi connectivity index (χ1v) is 5.82. The highest BCUT2D eigenvalue weighted by Gasteiger charge is 2.11. The number of pyridine rings is 1. The average molecular weight is 229 g/mol. The van der Waals surface area contributed by atoms with E-state index in [0.717, 1.165) is 23.9 Å². The monoisotopic (exact) mass is 229 g/mol. The largest absolute Gasteiger partial charge is 0.478 e. The second-order valence-corrected chi connectivity index (χ2v) is 3.98. The van der Waals surface area contributed by atoms with E-state index in [1.54, 1.807) is 12.1 Å². The van der Waals surface area contributed by atoms with Gasteiger partial charge in [0.15, 0.2) is 0 Å². The number of rotatable bonds is 3. The summed E-state index contributed by atoms with van der Waals surface area (Å²) in [7, 11) is 0. The SMILES string of the molecule is CCc1cc2cccc(C(=O)O)c2nc1CC. The third-order valence-electron chi connectivity index (χ3n) is 2.96. The van der Waals surface area contributed by atoms with Gasteiger partial charge in [-0.15, -0.1) is 0 Å². The Morgan fingerprint density at radius 2 is 2.06 bits per heavy atom. The number of para-hydroxylation sites is 1. The summed E-state index contributed by atoms with van der Waals surface area (Å²) < 4.78 is 0. The summed E-state index contributed by atoms with van der Waals surface area (Å²) in [5.41, 5.74) is 3.06. The number of aromatic nitrogens is 1. The van der Waals surface area contributed by atoms with Crippen LogP contribution in [-0.2, 0) is 12.8 Å². The molecule has 0 unspecified atom stereocenters. The van der Waals surface area contributed by atoms with Crippen LogP contribution in [-0.4, -0.2) is 16.1 Å². The van der Waals surface area contributed by atoms with Crippen LogP contribution >= 0.6 is 0 Å². The van der Waals surface area contributed by atoms with Crippen molar-refractivity contribution < 1.29 is 9.90 Å². The number of carboxylic acid groups (broad SMARTS) is 1. The molecule has 0 spiro atoms. The van der Waals surface area contributed by atoms with Gasteiger partial charge in [-0.05, 0) is 30.5 Å². The minimum Gasteiger partial charge on any atom is -0.478 e. The number of benzene rings is 1. The molecular weight excluding hydrogens is 214 g/mol. The van der Waals surface area contributed by atoms with Crippen LogP contribution < -0.4 is 0 Å². The van der Waals surface area contributed by atoms with Crippen molar-refractivity contribution in [3.63, 3.8) is 0 Å². The van der Waals surface area contributed by atoms with E-state index in [1.807, 2.05) is 19.1 Å². The third-order valence-corrected chi connectivity index (χ3v) is 2.96. The van der Waals surface area contributed by atoms with Crippen molar-refractivity contribution in [1.82, 2.24) is 4.98 Å². The molecule has 0 fully saturated rings. The van der Waals surface area contributed by atoms with Gasteiger partial charge in [0.2, 0.25) is 0 Å². The fraction of sp³-hybridized carbons (Fsp3) is 0.286. The molecule has 3 heteroatoms. The summed E-state index contributed by atoms with van der Waals surface area (Å²) in [6.45, 7) is 4.12. The fourth-order valence-corrected chi connectivity index (χ4v) is 2.07. The molecule has 1 N–H and O–H groups in total. The number of hydrogen-bond acceptors (Lipinski definition) is 2. The van der Waals surface area contributed by atoms with E-state index < -0.39 is 5.97 Å². The first-order valence-electron chi connectivity index (χ1n) is 5.82. The van der Waals surface area contributed by atoms with Gasteiger partial charge in [0.05, 0.1) is 11.1 Å². The highest BCUT2D eigenvalue weighted by Crippen LogP contribution is 2.21. The molecule has 0 saturated carbocycles. The van der Waals surface area contributed by atoms with Gasteiger partial charge < -0.3 is 5.11 Å². The van der Waals surface area contributed by atoms with Gasteiger partial charge in [0.1, 0.15) is 0 Å². The van der Waals surface area contributed by atoms with Crippen LogP contribution in [0.3, 0.4) is 0 Å². The normalized spacial score (nSPS) is 10.7. The Morgan fingerprint density at radius 1 is 1.29 bits per heavy atom. The van der Waals surface area contributed by atoms with Crippen molar-refractivity contribution in [2.24, 2.45) is 0 Å². The smallest absolute Gasteiger partial charge is 0.337 e. The molecule has 0 atom stereocenters. The Kier molecular flexibility index (Phi) is 3.09. The zero-order valence-corrected chi connectivity index (χ0v) is 10.0. The van der Waals surface area contributed by atoms with Gasteiger partial charge in [-0.2, -0.15) is 0 Å². The number of aromatic carboxylic acids is 1. The van der Waals surface area contributed by atoms with E-state index in [9.17, 15) is 4.79 Å². The van der Waals surface area contributed by atoms with Crippen molar-refractivity contribution in [3.05, 3.63) is 41.1 Å². The molecule has 1 heterocycles. The van der Waals surface area contributed by atoms with E-state index in [-0.39, 0.29) is 5.56 Å². The van der Waals surface area contributed by atoms with Crippen molar-refractivity contribution >= 4 is 16.9 Å². The molecule has 2 rings (SSSR count). The van der Waals surface area contributed by atoms with Gasteiger partial charge in [0, 0.05) is 11.1 Å². The number of nitrogens with zero attached hydrogens (tertiary/aromatic N) is 1. The van der Waals surface area contributed by atoms with Crippen LogP contribution in [0.5, 0.6) is 0 Å². The predicted molar refractivity (Wildman–Crippen MR) is 67.5 cm³/mol. The minimum absolute atomic E-state index is 0.278. The van der Waals surface area contributed by atoms with E-state index in [2.05, 4.69) is 11.9 Å². The molecule has 0 aliphatic heterocycles. The fourth-order valence-electron chi connectivity index (χ4n) is 2.07. The second kappa shape index (κ2) is 4.53. The van der Waals surface area contributed by atoms with Crippen LogP contribution in [0.25, 0.3) is 10.9 Å². The predicted octanol–water partition coefficient (Wildman–Crippen LogP) is 3.06. The quantitative estimate of drug-likeness (QED) is 0.880. The number of carbonyl (C=O) groups is 1. The standard InChI is InChI=1S/C14H15NO2/c1-3-9-8-10-6-5-7-11(14(16)17)13(10)15-12(9)4-2/h5-8H,3-4H2,1-2H3,(H,16,17). The summed E-state index contributed by atoms with van der Waals surface area (Å²) in [5, 5.41) is 10.0. The summed E-state index contributed by atoms with van der Waals surface area (Å²) >= 11 is 0. The number of fused-ring (bicyclic) bond motifs is 1. The summed E-state index contributed by atoms with van der Waals surface area (Å²) in [4.78, 5) is 15.6. The summed E-state index contributed by atoms with van der Waals surface area (Å²) in [6, 6.07) is 7.32. The maximum Gasteiger partial charge on any atom is 0.337 e. The number of hydrogen-bond donors (Lipinski definition) is 1. The molecule has 1 aromatic heterocycles. The van der Waals surface area contributed by atoms with Crippen molar-refractivity contribution in [3.8, 4) is 0 Å². The van der Waals surface area contributed by atoms with Crippen LogP contribution in [0.2, 0.25) is 0 Å². The van der Waals surface area contributed by atoms with Gasteiger partial charge in [-0.1, -0.05) is 26.0 Å². The first kappa shape index (κ1) is 11.6. The van der Waals surface area contributed by atoms with E-state index in [4.69, 9.17) is 5.11 Å². The number of aryl methyl sites for hydroxylation is 2. The van der Waals surface area contributed by atoms with Gasteiger partial charge in [0.25, 0.3) is 0 Å². The average Bonchev–Trinajstić information content (AvgIpc) is 2.35. The molecule has 2 aromatic rings. The van der Waals surface area contributed by atoms with E-state index in [1.165, 1.54) is 5.56 Å². The molecule has 0 aliphatic carbocycles. The molecule has 0 aliphatic rings. The van der Waals surface area contributed by atoms with Crippen LogP contribution in [0, 0.1) is 0 Å². The topological polar surface area (TPSA) is 50.2 Å². The van der Waals surface area contributed by atoms with E-state index in [0.29, 0.717) is 5.52 Å². The lowest BCUT2D eigenvalue weighted by atomic mass is 10.0. The Hall–Kier alpha value is -1.90. The highest BCUT2D eigenvalue weighted by molar-refractivity contribution is 6.01. The molecule has 0 saturated heterocycles. The third kappa shape index (κ3) is 2.00. The lowest BCUT2D eigenvalue weighted by Crippen LogP contribution is -2.02. The van der Waals surface area contributed by atoms with Crippen molar-refractivity contribution in [2.75, 3.05) is 0 Å². The molecule has 0 bridgehead atoms. The Balaban J connectivity index is 2.78. The second-order valence-electron chi connectivity index (χ2n) is 3.98. The Bertz CT molecular complexity index is 576. The molecule has 0 amide bonds. The zero-order valence-electron chi connectivity index (χ0n) is 10.0. The molecule has 17 heavy (non-hydrogen) atoms. The minimum atomic E-state index is -0.922.